The smallest absolute Gasteiger partial charge is 0.246 e. The van der Waals surface area contributed by atoms with Crippen LogP contribution in [-0.2, 0) is 25.5 Å². The van der Waals surface area contributed by atoms with E-state index in [9.17, 15) is 9.59 Å². The summed E-state index contributed by atoms with van der Waals surface area (Å²) in [6, 6.07) is 3.31. The third-order valence-electron chi connectivity index (χ3n) is 5.51. The van der Waals surface area contributed by atoms with Crippen LogP contribution in [0.25, 0.3) is 0 Å². The molecule has 0 unspecified atom stereocenters. The number of hydrogen-bond donors (Lipinski definition) is 3. The van der Waals surface area contributed by atoms with Crippen LogP contribution in [0.2, 0.25) is 0 Å². The average Bonchev–Trinajstić information content (AvgIpc) is 2.74. The summed E-state index contributed by atoms with van der Waals surface area (Å²) in [6.07, 6.45) is 7.97. The molecule has 1 heterocycles. The van der Waals surface area contributed by atoms with Gasteiger partial charge in [0.1, 0.15) is 6.79 Å². The average molecular weight is 408 g/mol. The first-order valence-corrected chi connectivity index (χ1v) is 10.2. The summed E-state index contributed by atoms with van der Waals surface area (Å²) in [4.78, 5) is 29.1. The molecule has 0 aromatic carbocycles. The first-order chi connectivity index (χ1) is 14.0. The van der Waals surface area contributed by atoms with Crippen molar-refractivity contribution in [2.75, 3.05) is 20.5 Å². The summed E-state index contributed by atoms with van der Waals surface area (Å²) in [5.41, 5.74) is 2.62. The van der Waals surface area contributed by atoms with Crippen molar-refractivity contribution in [3.8, 4) is 0 Å². The zero-order chi connectivity index (χ0) is 21.1. The fourth-order valence-corrected chi connectivity index (χ4v) is 3.80. The highest BCUT2D eigenvalue weighted by atomic mass is 16.7. The van der Waals surface area contributed by atoms with Gasteiger partial charge in [-0.2, -0.15) is 0 Å². The topological polar surface area (TPSA) is 110 Å². The van der Waals surface area contributed by atoms with Crippen LogP contribution in [0.5, 0.6) is 0 Å². The van der Waals surface area contributed by atoms with Crippen molar-refractivity contribution in [2.24, 2.45) is 17.8 Å². The van der Waals surface area contributed by atoms with Gasteiger partial charge in [-0.05, 0) is 56.1 Å². The molecule has 1 aromatic rings. The Hall–Kier alpha value is -2.03. The van der Waals surface area contributed by atoms with Crippen LogP contribution >= 0.6 is 0 Å². The fourth-order valence-electron chi connectivity index (χ4n) is 3.80. The lowest BCUT2D eigenvalue weighted by Gasteiger charge is -2.29. The van der Waals surface area contributed by atoms with E-state index in [4.69, 9.17) is 14.7 Å². The summed E-state index contributed by atoms with van der Waals surface area (Å²) in [5.74, 6) is -0.359. The Kier molecular flexibility index (Phi) is 10.0. The molecule has 0 spiro atoms. The van der Waals surface area contributed by atoms with Gasteiger partial charge in [0.25, 0.3) is 0 Å². The first kappa shape index (κ1) is 23.3. The number of nitrogens with one attached hydrogen (secondary N) is 2. The Labute approximate surface area is 172 Å². The number of hydrogen-bond acceptors (Lipinski definition) is 6. The molecule has 162 valence electrons. The number of rotatable bonds is 11. The van der Waals surface area contributed by atoms with Crippen molar-refractivity contribution in [3.05, 3.63) is 30.1 Å². The van der Waals surface area contributed by atoms with Crippen molar-refractivity contribution >= 4 is 11.8 Å². The molecular formula is C21H33N3O5. The van der Waals surface area contributed by atoms with Gasteiger partial charge in [-0.25, -0.2) is 5.48 Å². The predicted molar refractivity (Wildman–Crippen MR) is 107 cm³/mol. The van der Waals surface area contributed by atoms with E-state index in [-0.39, 0.29) is 31.3 Å². The Morgan fingerprint density at radius 3 is 2.69 bits per heavy atom. The van der Waals surface area contributed by atoms with E-state index in [0.717, 1.165) is 31.2 Å². The highest BCUT2D eigenvalue weighted by Crippen LogP contribution is 2.28. The van der Waals surface area contributed by atoms with Crippen LogP contribution in [0.1, 0.15) is 44.6 Å². The normalized spacial score (nSPS) is 21.2. The molecule has 1 aromatic heterocycles. The van der Waals surface area contributed by atoms with Gasteiger partial charge in [-0.3, -0.25) is 19.8 Å². The number of pyridine rings is 1. The second-order valence-electron chi connectivity index (χ2n) is 7.91. The third-order valence-corrected chi connectivity index (χ3v) is 5.51. The lowest BCUT2D eigenvalue weighted by Crippen LogP contribution is -2.45. The molecule has 1 fully saturated rings. The molecule has 0 radical (unpaired) electrons. The highest BCUT2D eigenvalue weighted by Gasteiger charge is 2.29. The van der Waals surface area contributed by atoms with Crippen LogP contribution in [0.4, 0.5) is 0 Å². The van der Waals surface area contributed by atoms with E-state index in [2.05, 4.69) is 17.2 Å². The van der Waals surface area contributed by atoms with E-state index >= 15 is 0 Å². The molecule has 0 aliphatic heterocycles. The number of carbonyl (C=O) groups excluding carboxylic acids is 2. The number of methoxy groups -OCH3 is 1. The zero-order valence-corrected chi connectivity index (χ0v) is 17.3. The molecule has 2 rings (SSSR count). The van der Waals surface area contributed by atoms with Crippen LogP contribution in [0.15, 0.2) is 24.5 Å². The number of hydroxylamine groups is 1. The minimum atomic E-state index is -0.535. The van der Waals surface area contributed by atoms with Gasteiger partial charge in [0.15, 0.2) is 0 Å². The molecule has 8 nitrogen and oxygen atoms in total. The highest BCUT2D eigenvalue weighted by molar-refractivity contribution is 5.80. The van der Waals surface area contributed by atoms with Crippen LogP contribution in [-0.4, -0.2) is 48.6 Å². The number of amides is 2. The van der Waals surface area contributed by atoms with Gasteiger partial charge in [0.2, 0.25) is 11.8 Å². The van der Waals surface area contributed by atoms with Gasteiger partial charge in [0.05, 0.1) is 12.6 Å². The zero-order valence-electron chi connectivity index (χ0n) is 17.3. The van der Waals surface area contributed by atoms with Gasteiger partial charge >= 0.3 is 0 Å². The summed E-state index contributed by atoms with van der Waals surface area (Å²) >= 11 is 0. The summed E-state index contributed by atoms with van der Waals surface area (Å²) < 4.78 is 10.4. The molecule has 0 saturated heterocycles. The lowest BCUT2D eigenvalue weighted by molar-refractivity contribution is -0.135. The molecule has 3 N–H and O–H groups in total. The standard InChI is InChI=1S/C21H33N3O5/c1-15-5-7-17(8-6-15)20(25)23-19(13-29-14-28-2)11-18(21(26)24-27)10-16-4-3-9-22-12-16/h3-4,9,12,15,17-19,27H,5-8,10-11,13-14H2,1-2H3,(H,23,25)(H,24,26)/t15-,17-,18-,19-/m0/s1. The van der Waals surface area contributed by atoms with Gasteiger partial charge < -0.3 is 14.8 Å². The number of nitrogens with zero attached hydrogens (tertiary/aromatic N) is 1. The lowest BCUT2D eigenvalue weighted by atomic mass is 9.82. The van der Waals surface area contributed by atoms with Gasteiger partial charge in [0, 0.05) is 31.3 Å². The van der Waals surface area contributed by atoms with Gasteiger partial charge in [-0.15, -0.1) is 0 Å². The molecule has 1 aliphatic rings. The molecule has 29 heavy (non-hydrogen) atoms. The van der Waals surface area contributed by atoms with Gasteiger partial charge in [-0.1, -0.05) is 13.0 Å². The summed E-state index contributed by atoms with van der Waals surface area (Å²) in [6.45, 7) is 2.55. The van der Waals surface area contributed by atoms with E-state index in [1.807, 2.05) is 6.07 Å². The summed E-state index contributed by atoms with van der Waals surface area (Å²) in [7, 11) is 1.53. The van der Waals surface area contributed by atoms with E-state index in [1.54, 1.807) is 23.9 Å². The van der Waals surface area contributed by atoms with Crippen molar-refractivity contribution < 1.29 is 24.3 Å². The second kappa shape index (κ2) is 12.5. The Balaban J connectivity index is 2.02. The van der Waals surface area contributed by atoms with E-state index < -0.39 is 11.8 Å². The quantitative estimate of drug-likeness (QED) is 0.224. The minimum Gasteiger partial charge on any atom is -0.359 e. The first-order valence-electron chi connectivity index (χ1n) is 10.2. The maximum Gasteiger partial charge on any atom is 0.246 e. The molecule has 1 aliphatic carbocycles. The van der Waals surface area contributed by atoms with Crippen molar-refractivity contribution in [2.45, 2.75) is 51.5 Å². The Bertz CT molecular complexity index is 620. The maximum absolute atomic E-state index is 12.8. The van der Waals surface area contributed by atoms with Crippen molar-refractivity contribution in [1.82, 2.24) is 15.8 Å². The number of carbonyl (C=O) groups is 2. The van der Waals surface area contributed by atoms with Crippen LogP contribution in [0, 0.1) is 17.8 Å². The Morgan fingerprint density at radius 1 is 1.31 bits per heavy atom. The van der Waals surface area contributed by atoms with Crippen molar-refractivity contribution in [1.29, 1.82) is 0 Å². The second-order valence-corrected chi connectivity index (χ2v) is 7.91. The van der Waals surface area contributed by atoms with Crippen molar-refractivity contribution in [3.63, 3.8) is 0 Å². The minimum absolute atomic E-state index is 0.000401. The molecule has 0 bridgehead atoms. The van der Waals surface area contributed by atoms with Crippen LogP contribution < -0.4 is 10.8 Å². The SMILES string of the molecule is COCOC[C@H](C[C@H](Cc1cccnc1)C(=O)NO)NC(=O)[C@H]1CC[C@H](C)CC1. The largest absolute Gasteiger partial charge is 0.359 e. The maximum atomic E-state index is 12.8. The number of ether oxygens (including phenoxy) is 2. The molecular weight excluding hydrogens is 374 g/mol. The third kappa shape index (κ3) is 8.08. The summed E-state index contributed by atoms with van der Waals surface area (Å²) in [5, 5.41) is 12.2. The molecule has 2 atom stereocenters. The molecule has 1 saturated carbocycles. The predicted octanol–water partition coefficient (Wildman–Crippen LogP) is 2.07. The van der Waals surface area contributed by atoms with E-state index in [1.165, 1.54) is 7.11 Å². The molecule has 2 amide bonds. The van der Waals surface area contributed by atoms with Crippen LogP contribution in [0.3, 0.4) is 0 Å². The van der Waals surface area contributed by atoms with E-state index in [0.29, 0.717) is 18.8 Å². The number of aromatic nitrogens is 1. The fraction of sp³-hybridized carbons (Fsp3) is 0.667. The Morgan fingerprint density at radius 2 is 2.07 bits per heavy atom. The molecule has 8 heteroatoms. The monoisotopic (exact) mass is 407 g/mol.